The number of nitrogens with two attached hydrogens (primary N) is 1. The van der Waals surface area contributed by atoms with Gasteiger partial charge in [-0.3, -0.25) is 9.59 Å². The number of hydrogen-bond acceptors (Lipinski definition) is 2. The summed E-state index contributed by atoms with van der Waals surface area (Å²) in [5.74, 6) is -2.54. The summed E-state index contributed by atoms with van der Waals surface area (Å²) >= 11 is 31.8. The van der Waals surface area contributed by atoms with Crippen molar-refractivity contribution in [3.05, 3.63) is 98.2 Å². The second-order valence-electron chi connectivity index (χ2n) is 7.59. The molecule has 1 aliphatic carbocycles. The molecule has 3 N–H and O–H groups in total. The highest BCUT2D eigenvalue weighted by atomic mass is 35.5. The van der Waals surface area contributed by atoms with Crippen LogP contribution < -0.4 is 11.1 Å². The van der Waals surface area contributed by atoms with E-state index in [-0.39, 0.29) is 16.3 Å². The van der Waals surface area contributed by atoms with Gasteiger partial charge in [-0.15, -0.1) is 0 Å². The fraction of sp³-hybridized carbons (Fsp3) is 0.130. The Morgan fingerprint density at radius 3 is 2.09 bits per heavy atom. The molecule has 4 nitrogen and oxygen atoms in total. The Labute approximate surface area is 213 Å². The molecule has 3 aromatic carbocycles. The second kappa shape index (κ2) is 8.64. The van der Waals surface area contributed by atoms with Gasteiger partial charge in [-0.1, -0.05) is 64.1 Å². The van der Waals surface area contributed by atoms with Gasteiger partial charge in [-0.2, -0.15) is 0 Å². The third kappa shape index (κ3) is 4.07. The van der Waals surface area contributed by atoms with Crippen molar-refractivity contribution in [3.8, 4) is 0 Å². The Morgan fingerprint density at radius 1 is 0.909 bits per heavy atom. The molecular formula is C23H14Cl5FN2O2. The lowest BCUT2D eigenvalue weighted by molar-refractivity contribution is -0.120. The lowest BCUT2D eigenvalue weighted by Crippen LogP contribution is -2.34. The maximum atomic E-state index is 13.2. The summed E-state index contributed by atoms with van der Waals surface area (Å²) < 4.78 is 11.6. The summed E-state index contributed by atoms with van der Waals surface area (Å²) in [5.41, 5.74) is 5.56. The van der Waals surface area contributed by atoms with Gasteiger partial charge in [-0.25, -0.2) is 4.39 Å². The van der Waals surface area contributed by atoms with Crippen LogP contribution in [0.4, 0.5) is 10.1 Å². The SMILES string of the molecule is NC(=O)C1(c2ccc(Cl)c(NC(=O)c3ccc(F)cc3)c2)C(c2cc(Cl)cc(Cl)c2)C1(Cl)Cl. The van der Waals surface area contributed by atoms with Crippen LogP contribution in [-0.4, -0.2) is 16.1 Å². The molecule has 0 radical (unpaired) electrons. The molecule has 2 amide bonds. The highest BCUT2D eigenvalue weighted by Gasteiger charge is 2.80. The Hall–Kier alpha value is -2.02. The molecular weight excluding hydrogens is 533 g/mol. The zero-order valence-electron chi connectivity index (χ0n) is 16.5. The fourth-order valence-corrected chi connectivity index (χ4v) is 5.88. The van der Waals surface area contributed by atoms with Crippen molar-refractivity contribution in [2.24, 2.45) is 5.73 Å². The summed E-state index contributed by atoms with van der Waals surface area (Å²) in [5, 5.41) is 3.54. The Kier molecular flexibility index (Phi) is 6.31. The number of anilines is 1. The number of halogens is 6. The number of alkyl halides is 2. The first kappa shape index (κ1) is 24.1. The van der Waals surface area contributed by atoms with Crippen LogP contribution in [0.1, 0.15) is 27.4 Å². The Balaban J connectivity index is 1.76. The molecule has 1 aliphatic rings. The van der Waals surface area contributed by atoms with Crippen molar-refractivity contribution in [2.75, 3.05) is 5.32 Å². The minimum Gasteiger partial charge on any atom is -0.369 e. The van der Waals surface area contributed by atoms with Gasteiger partial charge in [0.05, 0.1) is 10.7 Å². The molecule has 1 saturated carbocycles. The van der Waals surface area contributed by atoms with Gasteiger partial charge >= 0.3 is 0 Å². The average molecular weight is 547 g/mol. The number of rotatable bonds is 5. The monoisotopic (exact) mass is 544 g/mol. The first-order valence-electron chi connectivity index (χ1n) is 9.49. The van der Waals surface area contributed by atoms with E-state index >= 15 is 0 Å². The fourth-order valence-electron chi connectivity index (χ4n) is 4.08. The maximum Gasteiger partial charge on any atom is 0.255 e. The van der Waals surface area contributed by atoms with Gasteiger partial charge in [0.25, 0.3) is 5.91 Å². The van der Waals surface area contributed by atoms with Gasteiger partial charge in [-0.05, 0) is 65.7 Å². The van der Waals surface area contributed by atoms with Crippen LogP contribution in [0.3, 0.4) is 0 Å². The minimum absolute atomic E-state index is 0.197. The summed E-state index contributed by atoms with van der Waals surface area (Å²) in [6.45, 7) is 0. The molecule has 4 rings (SSSR count). The van der Waals surface area contributed by atoms with Gasteiger partial charge in [0.2, 0.25) is 5.91 Å². The highest BCUT2D eigenvalue weighted by Crippen LogP contribution is 2.74. The Bertz CT molecular complexity index is 1260. The number of carbonyl (C=O) groups is 2. The largest absolute Gasteiger partial charge is 0.369 e. The normalized spacial score (nSPS) is 20.8. The molecule has 0 bridgehead atoms. The lowest BCUT2D eigenvalue weighted by atomic mass is 9.89. The van der Waals surface area contributed by atoms with E-state index in [0.717, 1.165) is 12.1 Å². The van der Waals surface area contributed by atoms with E-state index in [1.807, 2.05) is 0 Å². The van der Waals surface area contributed by atoms with Crippen molar-refractivity contribution in [1.29, 1.82) is 0 Å². The zero-order chi connectivity index (χ0) is 24.1. The van der Waals surface area contributed by atoms with Crippen molar-refractivity contribution < 1.29 is 14.0 Å². The maximum absolute atomic E-state index is 13.2. The van der Waals surface area contributed by atoms with Crippen molar-refractivity contribution in [1.82, 2.24) is 0 Å². The van der Waals surface area contributed by atoms with Gasteiger partial charge < -0.3 is 11.1 Å². The molecule has 33 heavy (non-hydrogen) atoms. The molecule has 1 fully saturated rings. The summed E-state index contributed by atoms with van der Waals surface area (Å²) in [7, 11) is 0. The molecule has 10 heteroatoms. The first-order chi connectivity index (χ1) is 15.5. The molecule has 0 aliphatic heterocycles. The average Bonchev–Trinajstić information content (AvgIpc) is 3.26. The van der Waals surface area contributed by atoms with Crippen molar-refractivity contribution in [3.63, 3.8) is 0 Å². The van der Waals surface area contributed by atoms with Crippen molar-refractivity contribution in [2.45, 2.75) is 15.7 Å². The van der Waals surface area contributed by atoms with E-state index in [2.05, 4.69) is 5.32 Å². The molecule has 3 aromatic rings. The number of carbonyl (C=O) groups excluding carboxylic acids is 2. The van der Waals surface area contributed by atoms with E-state index in [1.54, 1.807) is 18.2 Å². The smallest absolute Gasteiger partial charge is 0.255 e. The topological polar surface area (TPSA) is 72.2 Å². The zero-order valence-corrected chi connectivity index (χ0v) is 20.3. The van der Waals surface area contributed by atoms with E-state index in [1.165, 1.54) is 30.3 Å². The third-order valence-electron chi connectivity index (χ3n) is 5.62. The van der Waals surface area contributed by atoms with Gasteiger partial charge in [0.15, 0.2) is 0 Å². The predicted molar refractivity (Wildman–Crippen MR) is 130 cm³/mol. The standard InChI is InChI=1S/C23H14Cl5FN2O2/c24-14-7-12(8-15(25)10-14)19-22(21(30)33,23(19,27)28)13-3-6-17(26)18(9-13)31-20(32)11-1-4-16(29)5-2-11/h1-10,19H,(H2,30,33)(H,31,32). The summed E-state index contributed by atoms with van der Waals surface area (Å²) in [6, 6.07) is 14.3. The van der Waals surface area contributed by atoms with Crippen LogP contribution in [0, 0.1) is 5.82 Å². The lowest BCUT2D eigenvalue weighted by Gasteiger charge is -2.18. The van der Waals surface area contributed by atoms with Gasteiger partial charge in [0.1, 0.15) is 15.6 Å². The number of nitrogens with one attached hydrogen (secondary N) is 1. The van der Waals surface area contributed by atoms with Crippen LogP contribution in [-0.2, 0) is 10.2 Å². The summed E-state index contributed by atoms with van der Waals surface area (Å²) in [6.07, 6.45) is 0. The van der Waals surface area contributed by atoms with Crippen LogP contribution >= 0.6 is 58.0 Å². The van der Waals surface area contributed by atoms with Crippen molar-refractivity contribution >= 4 is 75.5 Å². The van der Waals surface area contributed by atoms with E-state index in [9.17, 15) is 14.0 Å². The quantitative estimate of drug-likeness (QED) is 0.348. The van der Waals surface area contributed by atoms with Crippen LogP contribution in [0.5, 0.6) is 0 Å². The summed E-state index contributed by atoms with van der Waals surface area (Å²) in [4.78, 5) is 25.4. The molecule has 2 atom stereocenters. The number of amides is 2. The third-order valence-corrected chi connectivity index (χ3v) is 7.42. The van der Waals surface area contributed by atoms with E-state index < -0.39 is 33.3 Å². The second-order valence-corrected chi connectivity index (χ2v) is 10.3. The Morgan fingerprint density at radius 2 is 1.52 bits per heavy atom. The molecule has 0 saturated heterocycles. The number of hydrogen-bond donors (Lipinski definition) is 2. The molecule has 170 valence electrons. The van der Waals surface area contributed by atoms with E-state index in [0.29, 0.717) is 21.2 Å². The van der Waals surface area contributed by atoms with Crippen LogP contribution in [0.15, 0.2) is 60.7 Å². The van der Waals surface area contributed by atoms with Crippen LogP contribution in [0.2, 0.25) is 15.1 Å². The molecule has 0 spiro atoms. The van der Waals surface area contributed by atoms with Gasteiger partial charge in [0, 0.05) is 21.5 Å². The molecule has 0 aromatic heterocycles. The minimum atomic E-state index is -1.61. The molecule has 0 heterocycles. The number of benzene rings is 3. The molecule has 2 unspecified atom stereocenters. The predicted octanol–water partition coefficient (Wildman–Crippen LogP) is 6.73. The first-order valence-corrected chi connectivity index (χ1v) is 11.4. The van der Waals surface area contributed by atoms with E-state index in [4.69, 9.17) is 63.7 Å². The highest BCUT2D eigenvalue weighted by molar-refractivity contribution is 6.55. The number of primary amides is 1. The van der Waals surface area contributed by atoms with Crippen LogP contribution in [0.25, 0.3) is 0 Å².